The standard InChI is InChI=1S/C15H16N4O/c1-4-17-15-18-9-10(2)14(19-15)12-7-11(8-16)5-6-13(12)20-3/h5-7,9H,4H2,1-3H3,(H,17,18,19). The fourth-order valence-corrected chi connectivity index (χ4v) is 1.92. The Kier molecular flexibility index (Phi) is 4.16. The summed E-state index contributed by atoms with van der Waals surface area (Å²) in [6.07, 6.45) is 1.76. The predicted octanol–water partition coefficient (Wildman–Crippen LogP) is 2.76. The zero-order chi connectivity index (χ0) is 14.5. The molecule has 0 aliphatic rings. The zero-order valence-electron chi connectivity index (χ0n) is 11.8. The third-order valence-electron chi connectivity index (χ3n) is 2.89. The minimum atomic E-state index is 0.567. The van der Waals surface area contributed by atoms with Gasteiger partial charge in [-0.25, -0.2) is 9.97 Å². The summed E-state index contributed by atoms with van der Waals surface area (Å²) >= 11 is 0. The summed E-state index contributed by atoms with van der Waals surface area (Å²) in [5.41, 5.74) is 3.07. The quantitative estimate of drug-likeness (QED) is 0.923. The second kappa shape index (κ2) is 6.02. The normalized spacial score (nSPS) is 9.90. The summed E-state index contributed by atoms with van der Waals surface area (Å²) in [6, 6.07) is 7.42. The van der Waals surface area contributed by atoms with Gasteiger partial charge in [0.25, 0.3) is 0 Å². The minimum Gasteiger partial charge on any atom is -0.496 e. The molecule has 5 heteroatoms. The number of ether oxygens (including phenoxy) is 1. The number of hydrogen-bond donors (Lipinski definition) is 1. The van der Waals surface area contributed by atoms with E-state index in [9.17, 15) is 0 Å². The van der Waals surface area contributed by atoms with Gasteiger partial charge in [0.1, 0.15) is 5.75 Å². The molecule has 1 heterocycles. The molecule has 1 aromatic carbocycles. The third-order valence-corrected chi connectivity index (χ3v) is 2.89. The van der Waals surface area contributed by atoms with Gasteiger partial charge in [0.05, 0.1) is 24.4 Å². The van der Waals surface area contributed by atoms with Gasteiger partial charge in [0, 0.05) is 18.3 Å². The Bertz CT molecular complexity index is 661. The molecule has 0 fully saturated rings. The van der Waals surface area contributed by atoms with E-state index >= 15 is 0 Å². The van der Waals surface area contributed by atoms with Crippen LogP contribution in [0.1, 0.15) is 18.1 Å². The first-order valence-electron chi connectivity index (χ1n) is 6.35. The number of hydrogen-bond acceptors (Lipinski definition) is 5. The van der Waals surface area contributed by atoms with E-state index in [0.29, 0.717) is 17.3 Å². The minimum absolute atomic E-state index is 0.567. The molecular weight excluding hydrogens is 252 g/mol. The predicted molar refractivity (Wildman–Crippen MR) is 77.6 cm³/mol. The Morgan fingerprint density at radius 3 is 2.85 bits per heavy atom. The molecule has 0 saturated carbocycles. The maximum Gasteiger partial charge on any atom is 0.223 e. The molecule has 1 aromatic heterocycles. The van der Waals surface area contributed by atoms with E-state index in [0.717, 1.165) is 23.4 Å². The second-order valence-corrected chi connectivity index (χ2v) is 4.28. The highest BCUT2D eigenvalue weighted by molar-refractivity contribution is 5.72. The molecule has 5 nitrogen and oxygen atoms in total. The number of nitrogens with zero attached hydrogens (tertiary/aromatic N) is 3. The van der Waals surface area contributed by atoms with Gasteiger partial charge in [0.2, 0.25) is 5.95 Å². The van der Waals surface area contributed by atoms with E-state index in [4.69, 9.17) is 10.00 Å². The lowest BCUT2D eigenvalue weighted by molar-refractivity contribution is 0.416. The number of nitriles is 1. The summed E-state index contributed by atoms with van der Waals surface area (Å²) in [4.78, 5) is 8.73. The molecule has 20 heavy (non-hydrogen) atoms. The molecule has 0 spiro atoms. The number of rotatable bonds is 4. The highest BCUT2D eigenvalue weighted by atomic mass is 16.5. The van der Waals surface area contributed by atoms with Gasteiger partial charge >= 0.3 is 0 Å². The van der Waals surface area contributed by atoms with E-state index in [2.05, 4.69) is 21.4 Å². The van der Waals surface area contributed by atoms with Gasteiger partial charge in [-0.2, -0.15) is 5.26 Å². The van der Waals surface area contributed by atoms with Crippen molar-refractivity contribution >= 4 is 5.95 Å². The summed E-state index contributed by atoms with van der Waals surface area (Å²) in [5.74, 6) is 1.26. The highest BCUT2D eigenvalue weighted by Crippen LogP contribution is 2.31. The summed E-state index contributed by atoms with van der Waals surface area (Å²) in [6.45, 7) is 4.67. The van der Waals surface area contributed by atoms with E-state index in [1.54, 1.807) is 31.5 Å². The fraction of sp³-hybridized carbons (Fsp3) is 0.267. The number of benzene rings is 1. The lowest BCUT2D eigenvalue weighted by Gasteiger charge is -2.12. The lowest BCUT2D eigenvalue weighted by Crippen LogP contribution is -2.04. The number of aromatic nitrogens is 2. The van der Waals surface area contributed by atoms with E-state index in [1.165, 1.54) is 0 Å². The number of anilines is 1. The molecule has 0 unspecified atom stereocenters. The monoisotopic (exact) mass is 268 g/mol. The Labute approximate surface area is 118 Å². The SMILES string of the molecule is CCNc1ncc(C)c(-c2cc(C#N)ccc2OC)n1. The van der Waals surface area contributed by atoms with Gasteiger partial charge in [-0.3, -0.25) is 0 Å². The average molecular weight is 268 g/mol. The van der Waals surface area contributed by atoms with Crippen molar-refractivity contribution < 1.29 is 4.74 Å². The molecule has 0 aliphatic heterocycles. The number of nitrogens with one attached hydrogen (secondary N) is 1. The second-order valence-electron chi connectivity index (χ2n) is 4.28. The Balaban J connectivity index is 2.60. The van der Waals surface area contributed by atoms with Crippen molar-refractivity contribution in [2.75, 3.05) is 19.0 Å². The van der Waals surface area contributed by atoms with Crippen molar-refractivity contribution in [3.63, 3.8) is 0 Å². The Morgan fingerprint density at radius 2 is 2.20 bits per heavy atom. The van der Waals surface area contributed by atoms with Crippen LogP contribution in [0.2, 0.25) is 0 Å². The molecular formula is C15H16N4O. The molecule has 0 radical (unpaired) electrons. The molecule has 0 atom stereocenters. The van der Waals surface area contributed by atoms with E-state index < -0.39 is 0 Å². The number of aryl methyl sites for hydroxylation is 1. The maximum atomic E-state index is 9.04. The average Bonchev–Trinajstić information content (AvgIpc) is 2.49. The molecule has 102 valence electrons. The number of methoxy groups -OCH3 is 1. The van der Waals surface area contributed by atoms with Gasteiger partial charge in [-0.1, -0.05) is 0 Å². The van der Waals surface area contributed by atoms with Crippen LogP contribution in [0, 0.1) is 18.3 Å². The maximum absolute atomic E-state index is 9.04. The van der Waals surface area contributed by atoms with E-state index in [-0.39, 0.29) is 0 Å². The van der Waals surface area contributed by atoms with Crippen LogP contribution in [-0.4, -0.2) is 23.6 Å². The topological polar surface area (TPSA) is 70.8 Å². The van der Waals surface area contributed by atoms with Crippen LogP contribution in [0.5, 0.6) is 5.75 Å². The molecule has 0 amide bonds. The van der Waals surface area contributed by atoms with E-state index in [1.807, 2.05) is 13.8 Å². The Hall–Kier alpha value is -2.61. The molecule has 0 saturated heterocycles. The van der Waals surface area contributed by atoms with Crippen molar-refractivity contribution in [3.05, 3.63) is 35.5 Å². The zero-order valence-corrected chi connectivity index (χ0v) is 11.8. The van der Waals surface area contributed by atoms with Crippen molar-refractivity contribution in [1.29, 1.82) is 5.26 Å². The van der Waals surface area contributed by atoms with Crippen molar-refractivity contribution in [2.45, 2.75) is 13.8 Å². The van der Waals surface area contributed by atoms with Crippen molar-refractivity contribution in [2.24, 2.45) is 0 Å². The van der Waals surface area contributed by atoms with Crippen LogP contribution >= 0.6 is 0 Å². The van der Waals surface area contributed by atoms with Gasteiger partial charge in [-0.15, -0.1) is 0 Å². The van der Waals surface area contributed by atoms with Crippen LogP contribution in [0.3, 0.4) is 0 Å². The summed E-state index contributed by atoms with van der Waals surface area (Å²) in [7, 11) is 1.60. The van der Waals surface area contributed by atoms with Gasteiger partial charge < -0.3 is 10.1 Å². The van der Waals surface area contributed by atoms with Crippen LogP contribution in [0.4, 0.5) is 5.95 Å². The fourth-order valence-electron chi connectivity index (χ4n) is 1.92. The molecule has 0 bridgehead atoms. The first kappa shape index (κ1) is 13.8. The first-order valence-corrected chi connectivity index (χ1v) is 6.35. The van der Waals surface area contributed by atoms with Crippen molar-refractivity contribution in [1.82, 2.24) is 9.97 Å². The van der Waals surface area contributed by atoms with Crippen molar-refractivity contribution in [3.8, 4) is 23.1 Å². The largest absolute Gasteiger partial charge is 0.496 e. The molecule has 2 rings (SSSR count). The lowest BCUT2D eigenvalue weighted by atomic mass is 10.0. The summed E-state index contributed by atoms with van der Waals surface area (Å²) in [5, 5.41) is 12.1. The smallest absolute Gasteiger partial charge is 0.223 e. The third kappa shape index (κ3) is 2.69. The van der Waals surface area contributed by atoms with Crippen LogP contribution < -0.4 is 10.1 Å². The molecule has 1 N–H and O–H groups in total. The molecule has 0 aliphatic carbocycles. The van der Waals surface area contributed by atoms with Gasteiger partial charge in [0.15, 0.2) is 0 Å². The van der Waals surface area contributed by atoms with Gasteiger partial charge in [-0.05, 0) is 37.6 Å². The highest BCUT2D eigenvalue weighted by Gasteiger charge is 2.12. The summed E-state index contributed by atoms with van der Waals surface area (Å²) < 4.78 is 5.36. The Morgan fingerprint density at radius 1 is 1.40 bits per heavy atom. The molecule has 2 aromatic rings. The van der Waals surface area contributed by atoms with Crippen LogP contribution in [0.25, 0.3) is 11.3 Å². The van der Waals surface area contributed by atoms with Crippen LogP contribution in [-0.2, 0) is 0 Å². The first-order chi connectivity index (χ1) is 9.69. The van der Waals surface area contributed by atoms with Crippen LogP contribution in [0.15, 0.2) is 24.4 Å².